The minimum atomic E-state index is -2.59. The lowest BCUT2D eigenvalue weighted by Crippen LogP contribution is -2.55. The summed E-state index contributed by atoms with van der Waals surface area (Å²) in [7, 11) is 0. The third-order valence-electron chi connectivity index (χ3n) is 5.69. The topological polar surface area (TPSA) is 63.1 Å². The number of hydrogen-bond acceptors (Lipinski definition) is 4. The standard InChI is InChI=1S/C24H22F3N5O/c25-21-11-28-9-17(23(21)18-10-29-32(13-18)20-6-7-20)3-8-22(33)30-19-4-1-16(2-5-19)12-31-14-24(26,27)15-31/h1-5,8-11,13,20H,6-7,12,14-15H2,(H,30,33). The molecule has 5 rings (SSSR count). The van der Waals surface area contributed by atoms with Crippen LogP contribution in [0.3, 0.4) is 0 Å². The van der Waals surface area contributed by atoms with Gasteiger partial charge in [0.25, 0.3) is 5.92 Å². The molecule has 1 aliphatic heterocycles. The van der Waals surface area contributed by atoms with E-state index in [0.29, 0.717) is 35.0 Å². The van der Waals surface area contributed by atoms with Crippen molar-refractivity contribution in [2.24, 2.45) is 0 Å². The largest absolute Gasteiger partial charge is 0.323 e. The molecule has 0 spiro atoms. The highest BCUT2D eigenvalue weighted by atomic mass is 19.3. The fraction of sp³-hybridized carbons (Fsp3) is 0.292. The van der Waals surface area contributed by atoms with E-state index in [1.165, 1.54) is 18.3 Å². The summed E-state index contributed by atoms with van der Waals surface area (Å²) < 4.78 is 42.3. The highest BCUT2D eigenvalue weighted by Crippen LogP contribution is 2.36. The van der Waals surface area contributed by atoms with Gasteiger partial charge >= 0.3 is 0 Å². The Kier molecular flexibility index (Phi) is 5.49. The van der Waals surface area contributed by atoms with Crippen LogP contribution >= 0.6 is 0 Å². The summed E-state index contributed by atoms with van der Waals surface area (Å²) in [5.41, 5.74) is 2.92. The highest BCUT2D eigenvalue weighted by Gasteiger charge is 2.43. The first-order valence-electron chi connectivity index (χ1n) is 10.7. The van der Waals surface area contributed by atoms with Crippen LogP contribution < -0.4 is 5.32 Å². The van der Waals surface area contributed by atoms with Crippen molar-refractivity contribution < 1.29 is 18.0 Å². The molecule has 0 unspecified atom stereocenters. The number of aromatic nitrogens is 3. The van der Waals surface area contributed by atoms with Crippen LogP contribution in [0.4, 0.5) is 18.9 Å². The quantitative estimate of drug-likeness (QED) is 0.535. The van der Waals surface area contributed by atoms with Crippen LogP contribution in [-0.2, 0) is 11.3 Å². The van der Waals surface area contributed by atoms with Crippen LogP contribution in [0.1, 0.15) is 30.0 Å². The van der Waals surface area contributed by atoms with Gasteiger partial charge in [-0.15, -0.1) is 0 Å². The van der Waals surface area contributed by atoms with Gasteiger partial charge < -0.3 is 5.32 Å². The Labute approximate surface area is 188 Å². The number of anilines is 1. The van der Waals surface area contributed by atoms with Crippen LogP contribution in [0, 0.1) is 5.82 Å². The van der Waals surface area contributed by atoms with Crippen molar-refractivity contribution in [1.82, 2.24) is 19.7 Å². The molecule has 1 saturated carbocycles. The van der Waals surface area contributed by atoms with Crippen LogP contribution in [0.5, 0.6) is 0 Å². The number of rotatable bonds is 7. The Balaban J connectivity index is 1.23. The molecule has 3 aromatic rings. The molecule has 2 aromatic heterocycles. The predicted molar refractivity (Wildman–Crippen MR) is 118 cm³/mol. The highest BCUT2D eigenvalue weighted by molar-refractivity contribution is 6.02. The minimum absolute atomic E-state index is 0.228. The molecule has 0 radical (unpaired) electrons. The van der Waals surface area contributed by atoms with E-state index in [-0.39, 0.29) is 19.0 Å². The molecule has 0 bridgehead atoms. The lowest BCUT2D eigenvalue weighted by molar-refractivity contribution is -0.133. The minimum Gasteiger partial charge on any atom is -0.323 e. The summed E-state index contributed by atoms with van der Waals surface area (Å²) in [5.74, 6) is -3.45. The van der Waals surface area contributed by atoms with Gasteiger partial charge in [-0.3, -0.25) is 19.4 Å². The van der Waals surface area contributed by atoms with Crippen molar-refractivity contribution in [3.63, 3.8) is 0 Å². The second-order valence-electron chi connectivity index (χ2n) is 8.55. The van der Waals surface area contributed by atoms with Gasteiger partial charge in [0.15, 0.2) is 0 Å². The van der Waals surface area contributed by atoms with Gasteiger partial charge in [0.05, 0.1) is 31.5 Å². The number of carbonyl (C=O) groups is 1. The van der Waals surface area contributed by atoms with Gasteiger partial charge in [0, 0.05) is 47.4 Å². The van der Waals surface area contributed by atoms with E-state index in [9.17, 15) is 18.0 Å². The van der Waals surface area contributed by atoms with E-state index in [2.05, 4.69) is 15.4 Å². The Morgan fingerprint density at radius 1 is 1.15 bits per heavy atom. The summed E-state index contributed by atoms with van der Waals surface area (Å²) in [4.78, 5) is 18.0. The molecule has 2 fully saturated rings. The van der Waals surface area contributed by atoms with Gasteiger partial charge in [-0.25, -0.2) is 13.2 Å². The van der Waals surface area contributed by atoms with E-state index >= 15 is 0 Å². The van der Waals surface area contributed by atoms with Crippen molar-refractivity contribution in [1.29, 1.82) is 0 Å². The number of carbonyl (C=O) groups excluding carboxylic acids is 1. The van der Waals surface area contributed by atoms with E-state index < -0.39 is 11.7 Å². The molecule has 1 amide bonds. The molecule has 1 N–H and O–H groups in total. The smallest absolute Gasteiger partial charge is 0.272 e. The van der Waals surface area contributed by atoms with Crippen molar-refractivity contribution in [3.8, 4) is 11.1 Å². The zero-order chi connectivity index (χ0) is 23.0. The maximum absolute atomic E-state index is 14.6. The number of halogens is 3. The zero-order valence-electron chi connectivity index (χ0n) is 17.7. The molecule has 2 aliphatic rings. The lowest BCUT2D eigenvalue weighted by atomic mass is 10.0. The van der Waals surface area contributed by atoms with Crippen LogP contribution in [0.2, 0.25) is 0 Å². The summed E-state index contributed by atoms with van der Waals surface area (Å²) >= 11 is 0. The van der Waals surface area contributed by atoms with Crippen LogP contribution in [0.15, 0.2) is 55.1 Å². The van der Waals surface area contributed by atoms with E-state index in [1.54, 1.807) is 35.4 Å². The molecule has 170 valence electrons. The Morgan fingerprint density at radius 3 is 2.61 bits per heavy atom. The van der Waals surface area contributed by atoms with E-state index in [1.807, 2.05) is 10.9 Å². The molecule has 1 aromatic carbocycles. The SMILES string of the molecule is O=C(C=Cc1cncc(F)c1-c1cnn(C2CC2)c1)Nc1ccc(CN2CC(F)(F)C2)cc1. The third-order valence-corrected chi connectivity index (χ3v) is 5.69. The maximum atomic E-state index is 14.6. The zero-order valence-corrected chi connectivity index (χ0v) is 17.7. The van der Waals surface area contributed by atoms with Crippen LogP contribution in [-0.4, -0.2) is 44.6 Å². The van der Waals surface area contributed by atoms with Gasteiger partial charge in [-0.2, -0.15) is 5.10 Å². The molecule has 0 atom stereocenters. The predicted octanol–water partition coefficient (Wildman–Crippen LogP) is 4.52. The lowest BCUT2D eigenvalue weighted by Gasteiger charge is -2.38. The Bertz CT molecular complexity index is 1190. The number of pyridine rings is 1. The van der Waals surface area contributed by atoms with Crippen LogP contribution in [0.25, 0.3) is 17.2 Å². The molecular formula is C24H22F3N5O. The van der Waals surface area contributed by atoms with Crippen molar-refractivity contribution in [2.45, 2.75) is 31.4 Å². The van der Waals surface area contributed by atoms with Crippen molar-refractivity contribution in [3.05, 3.63) is 72.1 Å². The second-order valence-corrected chi connectivity index (χ2v) is 8.55. The number of likely N-dealkylation sites (tertiary alicyclic amines) is 1. The fourth-order valence-corrected chi connectivity index (χ4v) is 3.91. The number of alkyl halides is 2. The van der Waals surface area contributed by atoms with E-state index in [0.717, 1.165) is 24.6 Å². The fourth-order valence-electron chi connectivity index (χ4n) is 3.91. The number of nitrogens with zero attached hydrogens (tertiary/aromatic N) is 4. The molecule has 9 heteroatoms. The number of benzene rings is 1. The molecule has 1 saturated heterocycles. The summed E-state index contributed by atoms with van der Waals surface area (Å²) in [6.07, 6.45) is 11.1. The molecule has 3 heterocycles. The van der Waals surface area contributed by atoms with Gasteiger partial charge in [-0.1, -0.05) is 12.1 Å². The number of hydrogen-bond donors (Lipinski definition) is 1. The van der Waals surface area contributed by atoms with E-state index in [4.69, 9.17) is 0 Å². The normalized spacial score (nSPS) is 17.8. The molecule has 33 heavy (non-hydrogen) atoms. The average molecular weight is 453 g/mol. The monoisotopic (exact) mass is 453 g/mol. The number of amides is 1. The molecular weight excluding hydrogens is 431 g/mol. The third kappa shape index (κ3) is 4.98. The van der Waals surface area contributed by atoms with Crippen molar-refractivity contribution in [2.75, 3.05) is 18.4 Å². The molecule has 6 nitrogen and oxygen atoms in total. The maximum Gasteiger partial charge on any atom is 0.272 e. The summed E-state index contributed by atoms with van der Waals surface area (Å²) in [6, 6.07) is 7.41. The number of nitrogens with one attached hydrogen (secondary N) is 1. The van der Waals surface area contributed by atoms with Gasteiger partial charge in [-0.05, 0) is 36.6 Å². The molecule has 1 aliphatic carbocycles. The average Bonchev–Trinajstić information content (AvgIpc) is 3.50. The van der Waals surface area contributed by atoms with Gasteiger partial charge in [0.1, 0.15) is 5.82 Å². The first-order chi connectivity index (χ1) is 15.9. The van der Waals surface area contributed by atoms with Gasteiger partial charge in [0.2, 0.25) is 5.91 Å². The Morgan fingerprint density at radius 2 is 1.91 bits per heavy atom. The second kappa shape index (κ2) is 8.47. The first-order valence-corrected chi connectivity index (χ1v) is 10.7. The Hall–Kier alpha value is -3.46. The summed E-state index contributed by atoms with van der Waals surface area (Å²) in [5, 5.41) is 7.06. The van der Waals surface area contributed by atoms with Crippen molar-refractivity contribution >= 4 is 17.7 Å². The summed E-state index contributed by atoms with van der Waals surface area (Å²) in [6.45, 7) is -0.0143. The first kappa shape index (κ1) is 21.4.